The summed E-state index contributed by atoms with van der Waals surface area (Å²) in [5.74, 6) is 0. The summed E-state index contributed by atoms with van der Waals surface area (Å²) in [7, 11) is 0. The predicted octanol–water partition coefficient (Wildman–Crippen LogP) is 2.83. The van der Waals surface area contributed by atoms with Gasteiger partial charge in [-0.15, -0.1) is 0 Å². The lowest BCUT2D eigenvalue weighted by atomic mass is 9.98. The van der Waals surface area contributed by atoms with Gasteiger partial charge in [-0.1, -0.05) is 24.3 Å². The first kappa shape index (κ1) is 9.59. The fourth-order valence-corrected chi connectivity index (χ4v) is 1.78. The van der Waals surface area contributed by atoms with Crippen molar-refractivity contribution in [2.24, 2.45) is 0 Å². The number of hydrogen-bond donors (Lipinski definition) is 2. The van der Waals surface area contributed by atoms with Gasteiger partial charge in [0.1, 0.15) is 0 Å². The van der Waals surface area contributed by atoms with Gasteiger partial charge in [0.05, 0.1) is 0 Å². The predicted molar refractivity (Wildman–Crippen MR) is 65.4 cm³/mol. The number of rotatable bonds is 1. The summed E-state index contributed by atoms with van der Waals surface area (Å²) < 4.78 is 0. The molecule has 0 amide bonds. The lowest BCUT2D eigenvalue weighted by Crippen LogP contribution is -1.93. The van der Waals surface area contributed by atoms with E-state index in [1.165, 1.54) is 5.56 Å². The molecule has 0 bridgehead atoms. The highest BCUT2D eigenvalue weighted by atomic mass is 14.6. The largest absolute Gasteiger partial charge is 0.399 e. The zero-order valence-electron chi connectivity index (χ0n) is 8.70. The van der Waals surface area contributed by atoms with Gasteiger partial charge in [0, 0.05) is 16.9 Å². The van der Waals surface area contributed by atoms with Gasteiger partial charge in [0.15, 0.2) is 0 Å². The Hall–Kier alpha value is -1.96. The molecule has 4 N–H and O–H groups in total. The van der Waals surface area contributed by atoms with Gasteiger partial charge in [-0.05, 0) is 36.2 Å². The van der Waals surface area contributed by atoms with E-state index in [4.69, 9.17) is 11.5 Å². The average Bonchev–Trinajstić information content (AvgIpc) is 2.17. The Morgan fingerprint density at radius 1 is 0.933 bits per heavy atom. The van der Waals surface area contributed by atoms with E-state index in [2.05, 4.69) is 13.0 Å². The van der Waals surface area contributed by atoms with Gasteiger partial charge in [-0.2, -0.15) is 0 Å². The van der Waals surface area contributed by atoms with E-state index in [1.807, 2.05) is 36.4 Å². The number of nitrogens with two attached hydrogens (primary N) is 2. The summed E-state index contributed by atoms with van der Waals surface area (Å²) in [4.78, 5) is 0. The highest BCUT2D eigenvalue weighted by Crippen LogP contribution is 2.30. The van der Waals surface area contributed by atoms with Crippen molar-refractivity contribution in [3.63, 3.8) is 0 Å². The maximum absolute atomic E-state index is 5.96. The van der Waals surface area contributed by atoms with Crippen LogP contribution in [0, 0.1) is 6.92 Å². The Morgan fingerprint density at radius 3 is 2.33 bits per heavy atom. The van der Waals surface area contributed by atoms with Gasteiger partial charge in [0.25, 0.3) is 0 Å². The molecule has 0 heterocycles. The van der Waals surface area contributed by atoms with Gasteiger partial charge in [0.2, 0.25) is 0 Å². The second-order valence-corrected chi connectivity index (χ2v) is 3.66. The first-order valence-electron chi connectivity index (χ1n) is 4.89. The molecule has 0 saturated carbocycles. The minimum absolute atomic E-state index is 0.759. The molecular weight excluding hydrogens is 184 g/mol. The molecule has 0 aliphatic heterocycles. The number of nitrogen functional groups attached to an aromatic ring is 2. The third-order valence-electron chi connectivity index (χ3n) is 2.48. The summed E-state index contributed by atoms with van der Waals surface area (Å²) >= 11 is 0. The summed E-state index contributed by atoms with van der Waals surface area (Å²) in [5.41, 5.74) is 16.6. The molecule has 0 aromatic heterocycles. The monoisotopic (exact) mass is 198 g/mol. The zero-order chi connectivity index (χ0) is 10.8. The molecule has 2 nitrogen and oxygen atoms in total. The molecule has 15 heavy (non-hydrogen) atoms. The molecule has 0 aliphatic rings. The fourth-order valence-electron chi connectivity index (χ4n) is 1.78. The molecule has 2 aromatic rings. The SMILES string of the molecule is Cc1cccc(N)c1-c1cccc(N)c1. The minimum atomic E-state index is 0.759. The van der Waals surface area contributed by atoms with Crippen LogP contribution in [-0.2, 0) is 0 Å². The van der Waals surface area contributed by atoms with Crippen molar-refractivity contribution in [2.45, 2.75) is 6.92 Å². The van der Waals surface area contributed by atoms with Crippen LogP contribution in [0.4, 0.5) is 11.4 Å². The van der Waals surface area contributed by atoms with Crippen molar-refractivity contribution in [3.05, 3.63) is 48.0 Å². The third kappa shape index (κ3) is 1.79. The van der Waals surface area contributed by atoms with Crippen LogP contribution in [0.15, 0.2) is 42.5 Å². The second kappa shape index (κ2) is 3.65. The summed E-state index contributed by atoms with van der Waals surface area (Å²) in [6, 6.07) is 13.7. The maximum Gasteiger partial charge on any atom is 0.0396 e. The van der Waals surface area contributed by atoms with Crippen LogP contribution < -0.4 is 11.5 Å². The first-order valence-corrected chi connectivity index (χ1v) is 4.89. The first-order chi connectivity index (χ1) is 7.18. The molecule has 0 atom stereocenters. The van der Waals surface area contributed by atoms with E-state index in [0.29, 0.717) is 0 Å². The topological polar surface area (TPSA) is 52.0 Å². The summed E-state index contributed by atoms with van der Waals surface area (Å²) in [5, 5.41) is 0. The Labute approximate surface area is 89.5 Å². The zero-order valence-corrected chi connectivity index (χ0v) is 8.70. The average molecular weight is 198 g/mol. The highest BCUT2D eigenvalue weighted by molar-refractivity contribution is 5.80. The van der Waals surface area contributed by atoms with Crippen molar-refractivity contribution in [1.82, 2.24) is 0 Å². The number of benzene rings is 2. The minimum Gasteiger partial charge on any atom is -0.399 e. The van der Waals surface area contributed by atoms with E-state index in [1.54, 1.807) is 0 Å². The Morgan fingerprint density at radius 2 is 1.67 bits per heavy atom. The van der Waals surface area contributed by atoms with Crippen LogP contribution in [0.2, 0.25) is 0 Å². The van der Waals surface area contributed by atoms with Gasteiger partial charge < -0.3 is 11.5 Å². The number of hydrogen-bond acceptors (Lipinski definition) is 2. The number of anilines is 2. The molecule has 2 heteroatoms. The molecule has 0 fully saturated rings. The smallest absolute Gasteiger partial charge is 0.0396 e. The molecular formula is C13H14N2. The Balaban J connectivity index is 2.63. The van der Waals surface area contributed by atoms with Crippen molar-refractivity contribution < 1.29 is 0 Å². The van der Waals surface area contributed by atoms with Crippen LogP contribution in [0.3, 0.4) is 0 Å². The fraction of sp³-hybridized carbons (Fsp3) is 0.0769. The van der Waals surface area contributed by atoms with E-state index in [-0.39, 0.29) is 0 Å². The quantitative estimate of drug-likeness (QED) is 0.692. The van der Waals surface area contributed by atoms with E-state index in [0.717, 1.165) is 22.5 Å². The van der Waals surface area contributed by atoms with Crippen LogP contribution >= 0.6 is 0 Å². The highest BCUT2D eigenvalue weighted by Gasteiger charge is 2.05. The van der Waals surface area contributed by atoms with Gasteiger partial charge in [-0.3, -0.25) is 0 Å². The lowest BCUT2D eigenvalue weighted by Gasteiger charge is -2.09. The van der Waals surface area contributed by atoms with Gasteiger partial charge in [-0.25, -0.2) is 0 Å². The van der Waals surface area contributed by atoms with E-state index < -0.39 is 0 Å². The van der Waals surface area contributed by atoms with E-state index >= 15 is 0 Å². The standard InChI is InChI=1S/C13H14N2/c1-9-4-2-7-12(15)13(9)10-5-3-6-11(14)8-10/h2-8H,14-15H2,1H3. The van der Waals surface area contributed by atoms with Crippen molar-refractivity contribution in [2.75, 3.05) is 11.5 Å². The van der Waals surface area contributed by atoms with Crippen LogP contribution in [-0.4, -0.2) is 0 Å². The van der Waals surface area contributed by atoms with Crippen LogP contribution in [0.25, 0.3) is 11.1 Å². The van der Waals surface area contributed by atoms with Crippen molar-refractivity contribution in [1.29, 1.82) is 0 Å². The Kier molecular flexibility index (Phi) is 2.34. The molecule has 0 aliphatic carbocycles. The molecule has 76 valence electrons. The Bertz CT molecular complexity index is 469. The molecule has 0 unspecified atom stereocenters. The summed E-state index contributed by atoms with van der Waals surface area (Å²) in [6.07, 6.45) is 0. The van der Waals surface area contributed by atoms with Gasteiger partial charge >= 0.3 is 0 Å². The van der Waals surface area contributed by atoms with Crippen LogP contribution in [0.1, 0.15) is 5.56 Å². The molecule has 0 spiro atoms. The van der Waals surface area contributed by atoms with Crippen molar-refractivity contribution >= 4 is 11.4 Å². The molecule has 2 aromatic carbocycles. The maximum atomic E-state index is 5.96. The van der Waals surface area contributed by atoms with Crippen molar-refractivity contribution in [3.8, 4) is 11.1 Å². The second-order valence-electron chi connectivity index (χ2n) is 3.66. The molecule has 0 radical (unpaired) electrons. The van der Waals surface area contributed by atoms with E-state index in [9.17, 15) is 0 Å². The van der Waals surface area contributed by atoms with Crippen LogP contribution in [0.5, 0.6) is 0 Å². The molecule has 2 rings (SSSR count). The number of aryl methyl sites for hydroxylation is 1. The lowest BCUT2D eigenvalue weighted by molar-refractivity contribution is 1.46. The summed E-state index contributed by atoms with van der Waals surface area (Å²) in [6.45, 7) is 2.05. The molecule has 0 saturated heterocycles. The third-order valence-corrected chi connectivity index (χ3v) is 2.48. The normalized spacial score (nSPS) is 10.2.